The number of hydrogen-bond acceptors (Lipinski definition) is 4. The lowest BCUT2D eigenvalue weighted by molar-refractivity contribution is 0.146. The van der Waals surface area contributed by atoms with Crippen molar-refractivity contribution >= 4 is 16.6 Å². The van der Waals surface area contributed by atoms with E-state index in [1.54, 1.807) is 6.92 Å². The van der Waals surface area contributed by atoms with Crippen LogP contribution in [0, 0.1) is 5.82 Å². The lowest BCUT2D eigenvalue weighted by atomic mass is 10.0. The van der Waals surface area contributed by atoms with Crippen LogP contribution in [-0.2, 0) is 12.6 Å². The number of aryl methyl sites for hydroxylation is 1. The van der Waals surface area contributed by atoms with Gasteiger partial charge in [-0.3, -0.25) is 9.59 Å². The Hall–Kier alpha value is -3.17. The molecule has 1 aliphatic rings. The summed E-state index contributed by atoms with van der Waals surface area (Å²) in [5.74, 6) is -0.882. The summed E-state index contributed by atoms with van der Waals surface area (Å²) in [6.07, 6.45) is -0.580. The monoisotopic (exact) mass is 436 g/mol. The number of aromatic nitrogens is 3. The van der Waals surface area contributed by atoms with Gasteiger partial charge in [0.05, 0.1) is 22.5 Å². The van der Waals surface area contributed by atoms with Crippen molar-refractivity contribution in [3.63, 3.8) is 0 Å². The summed E-state index contributed by atoms with van der Waals surface area (Å²) in [7, 11) is 1.39. The van der Waals surface area contributed by atoms with Gasteiger partial charge in [0.15, 0.2) is 5.82 Å². The van der Waals surface area contributed by atoms with Crippen molar-refractivity contribution in [1.82, 2.24) is 14.3 Å². The Morgan fingerprint density at radius 3 is 2.48 bits per heavy atom. The smallest absolute Gasteiger partial charge is 0.274 e. The third-order valence-corrected chi connectivity index (χ3v) is 5.78. The second-order valence-corrected chi connectivity index (χ2v) is 7.86. The van der Waals surface area contributed by atoms with Crippen LogP contribution >= 0.6 is 0 Å². The Morgan fingerprint density at radius 1 is 1.19 bits per heavy atom. The predicted octanol–water partition coefficient (Wildman–Crippen LogP) is 3.80. The first-order valence-corrected chi connectivity index (χ1v) is 9.71. The molecule has 1 saturated carbocycles. The van der Waals surface area contributed by atoms with Gasteiger partial charge in [0.2, 0.25) is 0 Å². The van der Waals surface area contributed by atoms with Crippen molar-refractivity contribution in [1.29, 1.82) is 0 Å². The molecule has 2 heterocycles. The van der Waals surface area contributed by atoms with Gasteiger partial charge in [-0.15, -0.1) is 0 Å². The maximum absolute atomic E-state index is 14.6. The van der Waals surface area contributed by atoms with Gasteiger partial charge < -0.3 is 9.88 Å². The second-order valence-electron chi connectivity index (χ2n) is 7.86. The zero-order chi connectivity index (χ0) is 22.5. The molecule has 164 valence electrons. The van der Waals surface area contributed by atoms with Crippen LogP contribution in [0.1, 0.15) is 43.4 Å². The third-order valence-electron chi connectivity index (χ3n) is 5.78. The first-order valence-electron chi connectivity index (χ1n) is 9.71. The fourth-order valence-corrected chi connectivity index (χ4v) is 3.74. The number of fused-ring (bicyclic) bond motifs is 1. The molecule has 1 aromatic carbocycles. The van der Waals surface area contributed by atoms with Gasteiger partial charge in [-0.25, -0.2) is 22.2 Å². The van der Waals surface area contributed by atoms with E-state index >= 15 is 0 Å². The molecule has 4 rings (SSSR count). The summed E-state index contributed by atoms with van der Waals surface area (Å²) in [5.41, 5.74) is -2.66. The Bertz CT molecular complexity index is 1280. The van der Waals surface area contributed by atoms with E-state index in [4.69, 9.17) is 0 Å². The molecule has 3 aromatic rings. The van der Waals surface area contributed by atoms with Crippen LogP contribution in [0.2, 0.25) is 0 Å². The van der Waals surface area contributed by atoms with Gasteiger partial charge in [-0.1, -0.05) is 18.2 Å². The summed E-state index contributed by atoms with van der Waals surface area (Å²) in [4.78, 5) is 25.0. The van der Waals surface area contributed by atoms with Crippen LogP contribution in [0.4, 0.5) is 23.4 Å². The molecule has 0 radical (unpaired) electrons. The average molecular weight is 436 g/mol. The summed E-state index contributed by atoms with van der Waals surface area (Å²) in [6.45, 7) is 0.841. The highest BCUT2D eigenvalue weighted by Gasteiger charge is 2.45. The van der Waals surface area contributed by atoms with Crippen molar-refractivity contribution < 1.29 is 17.6 Å². The summed E-state index contributed by atoms with van der Waals surface area (Å²) >= 11 is 0. The van der Waals surface area contributed by atoms with Gasteiger partial charge >= 0.3 is 0 Å². The number of rotatable bonds is 6. The highest BCUT2D eigenvalue weighted by Crippen LogP contribution is 2.43. The van der Waals surface area contributed by atoms with Gasteiger partial charge in [-0.2, -0.15) is 5.10 Å². The first kappa shape index (κ1) is 21.1. The highest BCUT2D eigenvalue weighted by atomic mass is 19.3. The molecule has 0 saturated heterocycles. The Balaban J connectivity index is 1.83. The molecular weight excluding hydrogens is 416 g/mol. The molecule has 0 aliphatic heterocycles. The van der Waals surface area contributed by atoms with Crippen LogP contribution in [0.25, 0.3) is 10.8 Å². The average Bonchev–Trinajstić information content (AvgIpc) is 3.52. The Morgan fingerprint density at radius 2 is 1.87 bits per heavy atom. The topological polar surface area (TPSA) is 68.9 Å². The quantitative estimate of drug-likeness (QED) is 0.597. The molecule has 6 nitrogen and oxygen atoms in total. The Kier molecular flexibility index (Phi) is 5.10. The number of nitrogens with zero attached hydrogens (tertiary/aromatic N) is 3. The lowest BCUT2D eigenvalue weighted by Gasteiger charge is -2.20. The molecular formula is C21H20F4N4O2. The molecule has 1 atom stereocenters. The number of hydrogen-bond donors (Lipinski definition) is 1. The third kappa shape index (κ3) is 3.49. The van der Waals surface area contributed by atoms with Crippen molar-refractivity contribution in [2.45, 2.75) is 37.8 Å². The zero-order valence-electron chi connectivity index (χ0n) is 16.8. The molecule has 1 aliphatic carbocycles. The SMILES string of the molecule is CC(Nc1nn(C)c(=O)c2cc(=O)n(C3(CF)CC3)cc12)c1cccc(C(F)F)c1F. The molecule has 0 spiro atoms. The van der Waals surface area contributed by atoms with E-state index in [-0.39, 0.29) is 22.2 Å². The van der Waals surface area contributed by atoms with Crippen molar-refractivity contribution in [2.24, 2.45) is 7.05 Å². The van der Waals surface area contributed by atoms with E-state index in [9.17, 15) is 27.2 Å². The summed E-state index contributed by atoms with van der Waals surface area (Å²) in [6, 6.07) is 4.08. The summed E-state index contributed by atoms with van der Waals surface area (Å²) < 4.78 is 56.6. The number of anilines is 1. The van der Waals surface area contributed by atoms with E-state index in [2.05, 4.69) is 10.4 Å². The minimum absolute atomic E-state index is 0.00246. The fraction of sp³-hybridized carbons (Fsp3) is 0.381. The van der Waals surface area contributed by atoms with Crippen molar-refractivity contribution in [3.05, 3.63) is 68.1 Å². The van der Waals surface area contributed by atoms with Crippen molar-refractivity contribution in [2.75, 3.05) is 12.0 Å². The molecule has 0 bridgehead atoms. The standard InChI is InChI=1S/C21H20F4N4O2/c1-11(12-4-3-5-13(17(12)23)18(24)25)26-19-15-9-29(21(10-22)6-7-21)16(30)8-14(15)20(31)28(2)27-19/h3-5,8-9,11,18H,6-7,10H2,1-2H3,(H,26,27). The van der Waals surface area contributed by atoms with Crippen LogP contribution < -0.4 is 16.4 Å². The molecule has 10 heteroatoms. The fourth-order valence-electron chi connectivity index (χ4n) is 3.74. The van der Waals surface area contributed by atoms with E-state index < -0.39 is 47.2 Å². The van der Waals surface area contributed by atoms with Gasteiger partial charge in [0.25, 0.3) is 17.5 Å². The van der Waals surface area contributed by atoms with E-state index in [0.717, 1.165) is 16.8 Å². The van der Waals surface area contributed by atoms with E-state index in [1.165, 1.54) is 29.9 Å². The predicted molar refractivity (Wildman–Crippen MR) is 108 cm³/mol. The maximum atomic E-state index is 14.6. The highest BCUT2D eigenvalue weighted by molar-refractivity contribution is 5.90. The molecule has 1 N–H and O–H groups in total. The van der Waals surface area contributed by atoms with Gasteiger partial charge in [0, 0.05) is 30.3 Å². The minimum atomic E-state index is -2.96. The van der Waals surface area contributed by atoms with Crippen LogP contribution in [0.15, 0.2) is 40.1 Å². The van der Waals surface area contributed by atoms with Crippen LogP contribution in [0.3, 0.4) is 0 Å². The van der Waals surface area contributed by atoms with Crippen LogP contribution in [0.5, 0.6) is 0 Å². The second kappa shape index (κ2) is 7.51. The number of alkyl halides is 3. The molecule has 0 amide bonds. The number of pyridine rings is 1. The summed E-state index contributed by atoms with van der Waals surface area (Å²) in [5, 5.41) is 7.45. The maximum Gasteiger partial charge on any atom is 0.274 e. The normalized spacial score (nSPS) is 16.0. The molecule has 2 aromatic heterocycles. The minimum Gasteiger partial charge on any atom is -0.361 e. The van der Waals surface area contributed by atoms with E-state index in [1.807, 2.05) is 0 Å². The number of benzene rings is 1. The molecule has 1 fully saturated rings. The molecule has 31 heavy (non-hydrogen) atoms. The number of nitrogens with one attached hydrogen (secondary N) is 1. The Labute approximate surface area is 174 Å². The lowest BCUT2D eigenvalue weighted by Crippen LogP contribution is -2.33. The van der Waals surface area contributed by atoms with Crippen LogP contribution in [-0.4, -0.2) is 21.0 Å². The first-order chi connectivity index (χ1) is 14.7. The largest absolute Gasteiger partial charge is 0.361 e. The van der Waals surface area contributed by atoms with Gasteiger partial charge in [-0.05, 0) is 19.8 Å². The molecule has 1 unspecified atom stereocenters. The number of halogens is 4. The van der Waals surface area contributed by atoms with E-state index in [0.29, 0.717) is 12.8 Å². The van der Waals surface area contributed by atoms with Crippen molar-refractivity contribution in [3.8, 4) is 0 Å². The van der Waals surface area contributed by atoms with Gasteiger partial charge in [0.1, 0.15) is 12.5 Å². The zero-order valence-corrected chi connectivity index (χ0v) is 16.8.